The van der Waals surface area contributed by atoms with Gasteiger partial charge in [0.2, 0.25) is 0 Å². The van der Waals surface area contributed by atoms with E-state index in [1.54, 1.807) is 23.1 Å². The summed E-state index contributed by atoms with van der Waals surface area (Å²) < 4.78 is 21.2. The van der Waals surface area contributed by atoms with Crippen molar-refractivity contribution in [3.8, 4) is 0 Å². The second-order valence-electron chi connectivity index (χ2n) is 9.84. The molecule has 200 valence electrons. The summed E-state index contributed by atoms with van der Waals surface area (Å²) >= 11 is 0. The van der Waals surface area contributed by atoms with Gasteiger partial charge < -0.3 is 9.40 Å². The van der Waals surface area contributed by atoms with Gasteiger partial charge in [0.05, 0.1) is 19.4 Å². The molecule has 0 aliphatic carbocycles. The summed E-state index contributed by atoms with van der Waals surface area (Å²) in [5.74, 6) is 0.906. The Hall–Kier alpha value is -4.89. The quantitative estimate of drug-likeness (QED) is 0.267. The summed E-state index contributed by atoms with van der Waals surface area (Å²) in [5, 5.41) is 13.7. The summed E-state index contributed by atoms with van der Waals surface area (Å²) in [6.07, 6.45) is 1.62. The number of nitrogens with zero attached hydrogens (tertiary/aromatic N) is 5. The first-order valence-electron chi connectivity index (χ1n) is 13.0. The fraction of sp³-hybridized carbons (Fsp3) is 0.161. The van der Waals surface area contributed by atoms with E-state index in [0.29, 0.717) is 36.8 Å². The molecule has 0 saturated heterocycles. The SMILES string of the molecule is Cc1ccc2[nH]c(=O)c([C@@H](c3nnnn3Cc3ccccc3)N(Cc3ccc(F)cc3)Cc3ccco3)cc2c1. The van der Waals surface area contributed by atoms with Gasteiger partial charge >= 0.3 is 0 Å². The number of tetrazole rings is 1. The number of furan rings is 1. The number of nitrogens with one attached hydrogen (secondary N) is 1. The summed E-state index contributed by atoms with van der Waals surface area (Å²) in [5.41, 5.74) is 3.98. The van der Waals surface area contributed by atoms with Crippen LogP contribution in [0.2, 0.25) is 0 Å². The molecule has 1 N–H and O–H groups in total. The molecule has 8 nitrogen and oxygen atoms in total. The van der Waals surface area contributed by atoms with E-state index < -0.39 is 6.04 Å². The Kier molecular flexibility index (Phi) is 7.03. The second-order valence-corrected chi connectivity index (χ2v) is 9.84. The first-order chi connectivity index (χ1) is 19.5. The monoisotopic (exact) mass is 534 g/mol. The Bertz CT molecular complexity index is 1780. The van der Waals surface area contributed by atoms with Crippen LogP contribution in [0.5, 0.6) is 0 Å². The first-order valence-corrected chi connectivity index (χ1v) is 13.0. The lowest BCUT2D eigenvalue weighted by atomic mass is 10.0. The summed E-state index contributed by atoms with van der Waals surface area (Å²) in [6.45, 7) is 3.18. The molecule has 0 radical (unpaired) electrons. The third-order valence-corrected chi connectivity index (χ3v) is 6.91. The average molecular weight is 535 g/mol. The van der Waals surface area contributed by atoms with Crippen LogP contribution in [0.4, 0.5) is 4.39 Å². The first kappa shape index (κ1) is 25.4. The molecule has 40 heavy (non-hydrogen) atoms. The maximum Gasteiger partial charge on any atom is 0.253 e. The molecule has 0 aliphatic heterocycles. The van der Waals surface area contributed by atoms with E-state index in [1.807, 2.05) is 73.7 Å². The Balaban J connectivity index is 1.52. The highest BCUT2D eigenvalue weighted by Crippen LogP contribution is 2.30. The molecule has 6 aromatic rings. The third-order valence-electron chi connectivity index (χ3n) is 6.91. The zero-order chi connectivity index (χ0) is 27.5. The minimum atomic E-state index is -0.650. The van der Waals surface area contributed by atoms with Gasteiger partial charge in [0, 0.05) is 17.6 Å². The number of aryl methyl sites for hydroxylation is 1. The smallest absolute Gasteiger partial charge is 0.253 e. The van der Waals surface area contributed by atoms with E-state index in [9.17, 15) is 9.18 Å². The van der Waals surface area contributed by atoms with Crippen LogP contribution in [0, 0.1) is 12.7 Å². The van der Waals surface area contributed by atoms with Gasteiger partial charge in [0.25, 0.3) is 5.56 Å². The molecule has 3 aromatic carbocycles. The Labute approximate surface area is 229 Å². The number of pyridine rings is 1. The number of rotatable bonds is 9. The van der Waals surface area contributed by atoms with Crippen LogP contribution >= 0.6 is 0 Å². The van der Waals surface area contributed by atoms with Crippen LogP contribution in [0.25, 0.3) is 10.9 Å². The van der Waals surface area contributed by atoms with Crippen LogP contribution < -0.4 is 5.56 Å². The van der Waals surface area contributed by atoms with E-state index in [2.05, 4.69) is 25.4 Å². The van der Waals surface area contributed by atoms with Gasteiger partial charge in [-0.15, -0.1) is 5.10 Å². The van der Waals surface area contributed by atoms with E-state index >= 15 is 0 Å². The number of aromatic nitrogens is 5. The van der Waals surface area contributed by atoms with Crippen molar-refractivity contribution in [3.05, 3.63) is 147 Å². The number of hydrogen-bond acceptors (Lipinski definition) is 6. The fourth-order valence-electron chi connectivity index (χ4n) is 4.99. The van der Waals surface area contributed by atoms with Crippen molar-refractivity contribution >= 4 is 10.9 Å². The molecule has 3 aromatic heterocycles. The molecule has 0 spiro atoms. The molecule has 9 heteroatoms. The molecule has 0 amide bonds. The predicted molar refractivity (Wildman–Crippen MR) is 149 cm³/mol. The minimum Gasteiger partial charge on any atom is -0.468 e. The van der Waals surface area contributed by atoms with Crippen molar-refractivity contribution in [1.29, 1.82) is 0 Å². The maximum absolute atomic E-state index is 13.8. The van der Waals surface area contributed by atoms with Gasteiger partial charge in [-0.05, 0) is 76.3 Å². The van der Waals surface area contributed by atoms with Gasteiger partial charge in [-0.25, -0.2) is 9.07 Å². The van der Waals surface area contributed by atoms with Gasteiger partial charge in [-0.3, -0.25) is 9.69 Å². The molecular weight excluding hydrogens is 507 g/mol. The lowest BCUT2D eigenvalue weighted by Gasteiger charge is -2.30. The summed E-state index contributed by atoms with van der Waals surface area (Å²) in [4.78, 5) is 18.8. The van der Waals surface area contributed by atoms with Crippen molar-refractivity contribution in [2.75, 3.05) is 0 Å². The van der Waals surface area contributed by atoms with Gasteiger partial charge in [-0.1, -0.05) is 54.1 Å². The van der Waals surface area contributed by atoms with E-state index in [1.165, 1.54) is 12.1 Å². The van der Waals surface area contributed by atoms with Crippen LogP contribution in [0.3, 0.4) is 0 Å². The number of halogens is 1. The fourth-order valence-corrected chi connectivity index (χ4v) is 4.99. The highest BCUT2D eigenvalue weighted by atomic mass is 19.1. The van der Waals surface area contributed by atoms with E-state index in [4.69, 9.17) is 4.42 Å². The van der Waals surface area contributed by atoms with Crippen molar-refractivity contribution in [3.63, 3.8) is 0 Å². The van der Waals surface area contributed by atoms with Gasteiger partial charge in [0.1, 0.15) is 17.6 Å². The molecule has 0 unspecified atom stereocenters. The van der Waals surface area contributed by atoms with Gasteiger partial charge in [-0.2, -0.15) is 0 Å². The molecular formula is C31H27FN6O2. The summed E-state index contributed by atoms with van der Waals surface area (Å²) in [6, 6.07) is 27.1. The van der Waals surface area contributed by atoms with Crippen LogP contribution in [0.1, 0.15) is 39.9 Å². The number of fused-ring (bicyclic) bond motifs is 1. The molecule has 0 fully saturated rings. The van der Waals surface area contributed by atoms with Crippen molar-refractivity contribution in [2.24, 2.45) is 0 Å². The minimum absolute atomic E-state index is 0.237. The molecule has 3 heterocycles. The zero-order valence-electron chi connectivity index (χ0n) is 21.9. The van der Waals surface area contributed by atoms with Crippen LogP contribution in [-0.2, 0) is 19.6 Å². The third kappa shape index (κ3) is 5.45. The van der Waals surface area contributed by atoms with Crippen molar-refractivity contribution < 1.29 is 8.81 Å². The Morgan fingerprint density at radius 2 is 1.77 bits per heavy atom. The lowest BCUT2D eigenvalue weighted by Crippen LogP contribution is -2.34. The topological polar surface area (TPSA) is 92.8 Å². The number of hydrogen-bond donors (Lipinski definition) is 1. The maximum atomic E-state index is 13.8. The highest BCUT2D eigenvalue weighted by Gasteiger charge is 2.31. The summed E-state index contributed by atoms with van der Waals surface area (Å²) in [7, 11) is 0. The normalized spacial score (nSPS) is 12.3. The van der Waals surface area contributed by atoms with Crippen LogP contribution in [0.15, 0.2) is 106 Å². The largest absolute Gasteiger partial charge is 0.468 e. The molecule has 6 rings (SSSR count). The second kappa shape index (κ2) is 11.1. The Morgan fingerprint density at radius 1 is 0.950 bits per heavy atom. The average Bonchev–Trinajstić information content (AvgIpc) is 3.64. The standard InChI is InChI=1S/C31H27FN6O2/c1-21-9-14-28-24(16-21)17-27(31(39)33-28)29(30-34-35-36-38(30)19-22-6-3-2-4-7-22)37(20-26-8-5-15-40-26)18-23-10-12-25(32)13-11-23/h2-17,29H,18-20H2,1H3,(H,33,39)/t29-/m0/s1. The highest BCUT2D eigenvalue weighted by molar-refractivity contribution is 5.79. The molecule has 0 bridgehead atoms. The van der Waals surface area contributed by atoms with E-state index in [-0.39, 0.29) is 11.4 Å². The number of aromatic amines is 1. The molecule has 0 saturated carbocycles. The predicted octanol–water partition coefficient (Wildman–Crippen LogP) is 5.40. The number of benzene rings is 3. The van der Waals surface area contributed by atoms with Crippen molar-refractivity contribution in [2.45, 2.75) is 32.6 Å². The molecule has 0 aliphatic rings. The Morgan fingerprint density at radius 3 is 2.55 bits per heavy atom. The van der Waals surface area contributed by atoms with E-state index in [0.717, 1.165) is 27.6 Å². The van der Waals surface area contributed by atoms with Crippen molar-refractivity contribution in [1.82, 2.24) is 30.1 Å². The van der Waals surface area contributed by atoms with Crippen LogP contribution in [-0.4, -0.2) is 30.1 Å². The molecule has 1 atom stereocenters. The number of H-pyrrole nitrogens is 1. The van der Waals surface area contributed by atoms with Gasteiger partial charge in [0.15, 0.2) is 5.82 Å². The zero-order valence-corrected chi connectivity index (χ0v) is 21.9. The lowest BCUT2D eigenvalue weighted by molar-refractivity contribution is 0.179.